The number of carbonyl (C=O) groups is 2. The SMILES string of the molecule is Cc1ccc(OCC(=O)NCCC2CCN(C(=O)Nc3ccc(C)c(F)c3)CC2)cc1. The number of piperidine rings is 1. The van der Waals surface area contributed by atoms with Crippen LogP contribution < -0.4 is 15.4 Å². The molecule has 1 heterocycles. The van der Waals surface area contributed by atoms with Crippen LogP contribution in [0.15, 0.2) is 42.5 Å². The van der Waals surface area contributed by atoms with Crippen LogP contribution in [0.4, 0.5) is 14.9 Å². The Balaban J connectivity index is 1.31. The quantitative estimate of drug-likeness (QED) is 0.693. The van der Waals surface area contributed by atoms with Gasteiger partial charge in [0, 0.05) is 25.3 Å². The first kappa shape index (κ1) is 22.6. The van der Waals surface area contributed by atoms with Crippen molar-refractivity contribution >= 4 is 17.6 Å². The van der Waals surface area contributed by atoms with Gasteiger partial charge < -0.3 is 20.3 Å². The summed E-state index contributed by atoms with van der Waals surface area (Å²) in [4.78, 5) is 26.1. The van der Waals surface area contributed by atoms with E-state index < -0.39 is 0 Å². The van der Waals surface area contributed by atoms with Gasteiger partial charge in [-0.25, -0.2) is 9.18 Å². The lowest BCUT2D eigenvalue weighted by atomic mass is 9.94. The molecule has 1 fully saturated rings. The zero-order valence-corrected chi connectivity index (χ0v) is 18.1. The maximum absolute atomic E-state index is 13.6. The van der Waals surface area contributed by atoms with Crippen LogP contribution in [-0.2, 0) is 4.79 Å². The maximum atomic E-state index is 13.6. The highest BCUT2D eigenvalue weighted by Crippen LogP contribution is 2.21. The molecule has 0 spiro atoms. The third kappa shape index (κ3) is 6.98. The van der Waals surface area contributed by atoms with Crippen LogP contribution in [0, 0.1) is 25.6 Å². The number of carbonyl (C=O) groups excluding carboxylic acids is 2. The van der Waals surface area contributed by atoms with Gasteiger partial charge in [-0.1, -0.05) is 23.8 Å². The van der Waals surface area contributed by atoms with Gasteiger partial charge in [0.25, 0.3) is 5.91 Å². The molecule has 1 aliphatic heterocycles. The molecule has 0 aliphatic carbocycles. The lowest BCUT2D eigenvalue weighted by Crippen LogP contribution is -2.41. The van der Waals surface area contributed by atoms with E-state index in [4.69, 9.17) is 4.74 Å². The fourth-order valence-electron chi connectivity index (χ4n) is 3.55. The largest absolute Gasteiger partial charge is 0.484 e. The van der Waals surface area contributed by atoms with Crippen LogP contribution in [0.25, 0.3) is 0 Å². The average molecular weight is 428 g/mol. The molecular formula is C24H30FN3O3. The van der Waals surface area contributed by atoms with E-state index in [2.05, 4.69) is 10.6 Å². The highest BCUT2D eigenvalue weighted by Gasteiger charge is 2.23. The number of likely N-dealkylation sites (tertiary alicyclic amines) is 1. The van der Waals surface area contributed by atoms with E-state index in [1.807, 2.05) is 31.2 Å². The fraction of sp³-hybridized carbons (Fsp3) is 0.417. The summed E-state index contributed by atoms with van der Waals surface area (Å²) in [5, 5.41) is 5.65. The average Bonchev–Trinajstić information content (AvgIpc) is 2.76. The topological polar surface area (TPSA) is 70.7 Å². The Morgan fingerprint density at radius 1 is 1.10 bits per heavy atom. The first-order valence-electron chi connectivity index (χ1n) is 10.7. The highest BCUT2D eigenvalue weighted by molar-refractivity contribution is 5.89. The van der Waals surface area contributed by atoms with Crippen LogP contribution in [0.5, 0.6) is 5.75 Å². The Labute approximate surface area is 182 Å². The Morgan fingerprint density at radius 2 is 1.81 bits per heavy atom. The van der Waals surface area contributed by atoms with Gasteiger partial charge in [-0.05, 0) is 68.9 Å². The van der Waals surface area contributed by atoms with E-state index in [1.165, 1.54) is 6.07 Å². The number of aryl methyl sites for hydroxylation is 2. The van der Waals surface area contributed by atoms with Crippen LogP contribution in [-0.4, -0.2) is 43.1 Å². The zero-order valence-electron chi connectivity index (χ0n) is 18.1. The number of nitrogens with one attached hydrogen (secondary N) is 2. The molecule has 0 bridgehead atoms. The number of benzene rings is 2. The van der Waals surface area contributed by atoms with Gasteiger partial charge in [0.1, 0.15) is 11.6 Å². The van der Waals surface area contributed by atoms with Gasteiger partial charge in [-0.15, -0.1) is 0 Å². The van der Waals surface area contributed by atoms with Gasteiger partial charge in [0.05, 0.1) is 0 Å². The van der Waals surface area contributed by atoms with Crippen molar-refractivity contribution in [3.8, 4) is 5.75 Å². The van der Waals surface area contributed by atoms with Gasteiger partial charge in [-0.2, -0.15) is 0 Å². The van der Waals surface area contributed by atoms with Crippen LogP contribution in [0.3, 0.4) is 0 Å². The van der Waals surface area contributed by atoms with E-state index in [0.29, 0.717) is 42.6 Å². The minimum absolute atomic E-state index is 0.00127. The predicted octanol–water partition coefficient (Wildman–Crippen LogP) is 4.27. The number of rotatable bonds is 7. The first-order valence-corrected chi connectivity index (χ1v) is 10.7. The number of halogens is 1. The van der Waals surface area contributed by atoms with Gasteiger partial charge in [0.2, 0.25) is 0 Å². The minimum Gasteiger partial charge on any atom is -0.484 e. The van der Waals surface area contributed by atoms with E-state index in [0.717, 1.165) is 24.8 Å². The third-order valence-corrected chi connectivity index (χ3v) is 5.59. The molecule has 2 aromatic rings. The van der Waals surface area contributed by atoms with Crippen molar-refractivity contribution in [2.24, 2.45) is 5.92 Å². The maximum Gasteiger partial charge on any atom is 0.321 e. The van der Waals surface area contributed by atoms with E-state index in [1.54, 1.807) is 24.0 Å². The summed E-state index contributed by atoms with van der Waals surface area (Å²) in [6.07, 6.45) is 2.63. The Bertz CT molecular complexity index is 893. The molecule has 3 rings (SSSR count). The van der Waals surface area contributed by atoms with Gasteiger partial charge in [0.15, 0.2) is 6.61 Å². The number of nitrogens with zero attached hydrogens (tertiary/aromatic N) is 1. The van der Waals surface area contributed by atoms with Crippen molar-refractivity contribution in [3.05, 3.63) is 59.4 Å². The molecule has 2 N–H and O–H groups in total. The fourth-order valence-corrected chi connectivity index (χ4v) is 3.55. The van der Waals surface area contributed by atoms with Gasteiger partial charge in [-0.3, -0.25) is 4.79 Å². The summed E-state index contributed by atoms with van der Waals surface area (Å²) < 4.78 is 19.1. The summed E-state index contributed by atoms with van der Waals surface area (Å²) >= 11 is 0. The minimum atomic E-state index is -0.331. The molecule has 0 atom stereocenters. The van der Waals surface area contributed by atoms with Crippen molar-refractivity contribution < 1.29 is 18.7 Å². The first-order chi connectivity index (χ1) is 14.9. The smallest absolute Gasteiger partial charge is 0.321 e. The summed E-state index contributed by atoms with van der Waals surface area (Å²) in [6.45, 7) is 5.57. The molecule has 0 unspecified atom stereocenters. The number of urea groups is 1. The molecule has 0 saturated carbocycles. The molecule has 1 aliphatic rings. The molecule has 2 aromatic carbocycles. The summed E-state index contributed by atoms with van der Waals surface area (Å²) in [7, 11) is 0. The van der Waals surface area contributed by atoms with E-state index in [-0.39, 0.29) is 24.4 Å². The molecule has 0 aromatic heterocycles. The molecule has 7 heteroatoms. The molecule has 31 heavy (non-hydrogen) atoms. The summed E-state index contributed by atoms with van der Waals surface area (Å²) in [5.41, 5.74) is 2.16. The third-order valence-electron chi connectivity index (χ3n) is 5.59. The van der Waals surface area contributed by atoms with Crippen LogP contribution >= 0.6 is 0 Å². The van der Waals surface area contributed by atoms with Gasteiger partial charge >= 0.3 is 6.03 Å². The number of anilines is 1. The van der Waals surface area contributed by atoms with Crippen molar-refractivity contribution in [3.63, 3.8) is 0 Å². The second-order valence-electron chi connectivity index (χ2n) is 8.06. The molecule has 0 radical (unpaired) electrons. The second kappa shape index (κ2) is 10.8. The standard InChI is InChI=1S/C24H30FN3O3/c1-17-3-7-21(8-4-17)31-16-23(29)26-12-9-19-10-13-28(14-11-19)24(30)27-20-6-5-18(2)22(25)15-20/h3-8,15,19H,9-14,16H2,1-2H3,(H,26,29)(H,27,30). The summed E-state index contributed by atoms with van der Waals surface area (Å²) in [5.74, 6) is 0.671. The monoisotopic (exact) mass is 427 g/mol. The second-order valence-corrected chi connectivity index (χ2v) is 8.06. The van der Waals surface area contributed by atoms with E-state index >= 15 is 0 Å². The van der Waals surface area contributed by atoms with Crippen molar-refractivity contribution in [2.45, 2.75) is 33.1 Å². The van der Waals surface area contributed by atoms with Crippen molar-refractivity contribution in [2.75, 3.05) is 31.6 Å². The normalized spacial score (nSPS) is 14.2. The number of hydrogen-bond donors (Lipinski definition) is 2. The number of hydrogen-bond acceptors (Lipinski definition) is 3. The molecule has 6 nitrogen and oxygen atoms in total. The zero-order chi connectivity index (χ0) is 22.2. The summed E-state index contributed by atoms with van der Waals surface area (Å²) in [6, 6.07) is 12.1. The van der Waals surface area contributed by atoms with Crippen molar-refractivity contribution in [1.82, 2.24) is 10.2 Å². The molecule has 166 valence electrons. The molecule has 3 amide bonds. The van der Waals surface area contributed by atoms with Crippen molar-refractivity contribution in [1.29, 1.82) is 0 Å². The van der Waals surface area contributed by atoms with Crippen LogP contribution in [0.2, 0.25) is 0 Å². The lowest BCUT2D eigenvalue weighted by molar-refractivity contribution is -0.123. The Hall–Kier alpha value is -3.09. The Morgan fingerprint density at radius 3 is 2.48 bits per heavy atom. The highest BCUT2D eigenvalue weighted by atomic mass is 19.1. The van der Waals surface area contributed by atoms with Crippen LogP contribution in [0.1, 0.15) is 30.4 Å². The van der Waals surface area contributed by atoms with E-state index in [9.17, 15) is 14.0 Å². The number of amides is 3. The predicted molar refractivity (Wildman–Crippen MR) is 119 cm³/mol. The Kier molecular flexibility index (Phi) is 7.87. The lowest BCUT2D eigenvalue weighted by Gasteiger charge is -2.32. The number of ether oxygens (including phenoxy) is 1. The molecular weight excluding hydrogens is 397 g/mol. The molecule has 1 saturated heterocycles.